The lowest BCUT2D eigenvalue weighted by Gasteiger charge is -2.33. The minimum atomic E-state index is -4.55. The van der Waals surface area contributed by atoms with Gasteiger partial charge in [-0.25, -0.2) is 0 Å². The number of carbonyl (C=O) groups excluding carboxylic acids is 2. The molecule has 2 aliphatic rings. The number of halogens is 4. The molecular formula is C24H20ClF3N4O3S. The topological polar surface area (TPSA) is 87.5 Å². The fraction of sp³-hybridized carbons (Fsp3) is 0.292. The van der Waals surface area contributed by atoms with Crippen LogP contribution < -0.4 is 5.32 Å². The highest BCUT2D eigenvalue weighted by atomic mass is 35.5. The summed E-state index contributed by atoms with van der Waals surface area (Å²) in [6, 6.07) is 8.24. The smallest absolute Gasteiger partial charge is 0.390 e. The van der Waals surface area contributed by atoms with Crippen LogP contribution in [-0.2, 0) is 17.5 Å². The molecule has 12 heteroatoms. The Kier molecular flexibility index (Phi) is 6.58. The minimum absolute atomic E-state index is 0.000108. The Morgan fingerprint density at radius 2 is 2.03 bits per heavy atom. The SMILES string of the molecule is O=C1SC(=Cc2ccc3c(cnn3Cc3ccc(Cl)cc3C(F)(F)F)c2)C(=O)N1[C@H]1CCNC[C@@H]1O. The van der Waals surface area contributed by atoms with Crippen LogP contribution in [0.1, 0.15) is 23.1 Å². The van der Waals surface area contributed by atoms with Gasteiger partial charge in [0.2, 0.25) is 0 Å². The summed E-state index contributed by atoms with van der Waals surface area (Å²) in [4.78, 5) is 26.8. The molecule has 3 aromatic rings. The van der Waals surface area contributed by atoms with Crippen molar-refractivity contribution >= 4 is 51.5 Å². The number of piperidine rings is 1. The lowest BCUT2D eigenvalue weighted by molar-refractivity contribution is -0.138. The van der Waals surface area contributed by atoms with Crippen molar-refractivity contribution in [1.82, 2.24) is 20.0 Å². The Morgan fingerprint density at radius 3 is 2.78 bits per heavy atom. The van der Waals surface area contributed by atoms with E-state index in [1.54, 1.807) is 24.3 Å². The average molecular weight is 537 g/mol. The third-order valence-corrected chi connectivity index (χ3v) is 7.35. The van der Waals surface area contributed by atoms with Crippen LogP contribution in [0.5, 0.6) is 0 Å². The number of carbonyl (C=O) groups is 2. The van der Waals surface area contributed by atoms with Crippen molar-refractivity contribution in [3.63, 3.8) is 0 Å². The van der Waals surface area contributed by atoms with Gasteiger partial charge in [0.15, 0.2) is 0 Å². The fourth-order valence-electron chi connectivity index (χ4n) is 4.48. The number of imide groups is 1. The molecule has 0 spiro atoms. The van der Waals surface area contributed by atoms with Crippen LogP contribution in [0.2, 0.25) is 5.02 Å². The zero-order valence-electron chi connectivity index (χ0n) is 18.6. The molecule has 2 N–H and O–H groups in total. The van der Waals surface area contributed by atoms with E-state index in [0.29, 0.717) is 36.0 Å². The summed E-state index contributed by atoms with van der Waals surface area (Å²) in [5.74, 6) is -0.450. The zero-order chi connectivity index (χ0) is 25.6. The van der Waals surface area contributed by atoms with Crippen LogP contribution in [0.3, 0.4) is 0 Å². The predicted octanol–water partition coefficient (Wildman–Crippen LogP) is 4.52. The van der Waals surface area contributed by atoms with E-state index in [0.717, 1.165) is 22.7 Å². The highest BCUT2D eigenvalue weighted by Gasteiger charge is 2.43. The molecule has 0 bridgehead atoms. The highest BCUT2D eigenvalue weighted by molar-refractivity contribution is 8.18. The number of hydrogen-bond donors (Lipinski definition) is 2. The average Bonchev–Trinajstić information content (AvgIpc) is 3.34. The second-order valence-electron chi connectivity index (χ2n) is 8.60. The van der Waals surface area contributed by atoms with Crippen LogP contribution >= 0.6 is 23.4 Å². The number of fused-ring (bicyclic) bond motifs is 1. The van der Waals surface area contributed by atoms with E-state index < -0.39 is 35.0 Å². The van der Waals surface area contributed by atoms with E-state index in [2.05, 4.69) is 10.4 Å². The molecule has 5 rings (SSSR count). The van der Waals surface area contributed by atoms with Gasteiger partial charge >= 0.3 is 6.18 Å². The van der Waals surface area contributed by atoms with E-state index in [-0.39, 0.29) is 22.0 Å². The number of alkyl halides is 3. The first kappa shape index (κ1) is 24.8. The lowest BCUT2D eigenvalue weighted by Crippen LogP contribution is -2.54. The molecule has 2 aliphatic heterocycles. The number of benzene rings is 2. The molecule has 2 fully saturated rings. The van der Waals surface area contributed by atoms with Gasteiger partial charge in [0.1, 0.15) is 0 Å². The normalized spacial score (nSPS) is 22.2. The third kappa shape index (κ3) is 4.75. The molecule has 3 heterocycles. The van der Waals surface area contributed by atoms with Crippen LogP contribution in [0.15, 0.2) is 47.5 Å². The number of aliphatic hydroxyl groups is 1. The molecule has 2 amide bonds. The van der Waals surface area contributed by atoms with Gasteiger partial charge in [-0.15, -0.1) is 0 Å². The number of rotatable bonds is 4. The maximum atomic E-state index is 13.5. The molecular weight excluding hydrogens is 517 g/mol. The highest BCUT2D eigenvalue weighted by Crippen LogP contribution is 2.36. The standard InChI is InChI=1S/C24H20ClF3N4O3S/c25-16-3-2-14(17(9-16)24(26,27)28)12-31-18-4-1-13(7-15(18)10-30-31)8-21-22(34)32(23(35)36-21)19-5-6-29-11-20(19)33/h1-4,7-10,19-20,29,33H,5-6,11-12H2/t19-,20-/m0/s1. The van der Waals surface area contributed by atoms with Crippen molar-refractivity contribution < 1.29 is 27.9 Å². The first-order chi connectivity index (χ1) is 17.1. The second kappa shape index (κ2) is 9.55. The van der Waals surface area contributed by atoms with Gasteiger partial charge in [-0.2, -0.15) is 18.3 Å². The van der Waals surface area contributed by atoms with Crippen molar-refractivity contribution in [1.29, 1.82) is 0 Å². The predicted molar refractivity (Wildman–Crippen MR) is 130 cm³/mol. The molecule has 0 saturated carbocycles. The largest absolute Gasteiger partial charge is 0.416 e. The summed E-state index contributed by atoms with van der Waals surface area (Å²) in [5, 5.41) is 17.7. The summed E-state index contributed by atoms with van der Waals surface area (Å²) >= 11 is 6.59. The Morgan fingerprint density at radius 1 is 1.22 bits per heavy atom. The van der Waals surface area contributed by atoms with Crippen molar-refractivity contribution in [2.75, 3.05) is 13.1 Å². The molecule has 188 valence electrons. The summed E-state index contributed by atoms with van der Waals surface area (Å²) < 4.78 is 41.9. The van der Waals surface area contributed by atoms with Crippen molar-refractivity contribution in [2.45, 2.75) is 31.3 Å². The second-order valence-corrected chi connectivity index (χ2v) is 10.0. The number of aliphatic hydroxyl groups excluding tert-OH is 1. The number of nitrogens with zero attached hydrogens (tertiary/aromatic N) is 3. The Labute approximate surface area is 212 Å². The molecule has 2 saturated heterocycles. The minimum Gasteiger partial charge on any atom is -0.390 e. The van der Waals surface area contributed by atoms with E-state index in [9.17, 15) is 27.9 Å². The van der Waals surface area contributed by atoms with Gasteiger partial charge in [0.25, 0.3) is 11.1 Å². The Balaban J connectivity index is 1.40. The van der Waals surface area contributed by atoms with Gasteiger partial charge in [0, 0.05) is 17.0 Å². The zero-order valence-corrected chi connectivity index (χ0v) is 20.2. The van der Waals surface area contributed by atoms with Gasteiger partial charge in [0.05, 0.1) is 40.9 Å². The lowest BCUT2D eigenvalue weighted by atomic mass is 10.0. The summed E-state index contributed by atoms with van der Waals surface area (Å²) in [5.41, 5.74) is 0.474. The molecule has 0 radical (unpaired) electrons. The maximum absolute atomic E-state index is 13.5. The van der Waals surface area contributed by atoms with Crippen LogP contribution in [0.4, 0.5) is 18.0 Å². The number of hydrogen-bond acceptors (Lipinski definition) is 6. The quantitative estimate of drug-likeness (QED) is 0.477. The first-order valence-electron chi connectivity index (χ1n) is 11.1. The molecule has 2 aromatic carbocycles. The third-order valence-electron chi connectivity index (χ3n) is 6.23. The van der Waals surface area contributed by atoms with Crippen molar-refractivity contribution in [2.24, 2.45) is 0 Å². The van der Waals surface area contributed by atoms with Gasteiger partial charge < -0.3 is 10.4 Å². The number of nitrogens with one attached hydrogen (secondary N) is 1. The van der Waals surface area contributed by atoms with E-state index >= 15 is 0 Å². The van der Waals surface area contributed by atoms with E-state index in [4.69, 9.17) is 11.6 Å². The number of aromatic nitrogens is 2. The van der Waals surface area contributed by atoms with Crippen molar-refractivity contribution in [3.05, 3.63) is 69.2 Å². The fourth-order valence-corrected chi connectivity index (χ4v) is 5.54. The molecule has 2 atom stereocenters. The monoisotopic (exact) mass is 536 g/mol. The molecule has 7 nitrogen and oxygen atoms in total. The Hall–Kier alpha value is -2.86. The van der Waals surface area contributed by atoms with E-state index in [1.807, 2.05) is 0 Å². The van der Waals surface area contributed by atoms with E-state index in [1.165, 1.54) is 23.0 Å². The van der Waals surface area contributed by atoms with Crippen LogP contribution in [0.25, 0.3) is 17.0 Å². The maximum Gasteiger partial charge on any atom is 0.416 e. The first-order valence-corrected chi connectivity index (χ1v) is 12.3. The summed E-state index contributed by atoms with van der Waals surface area (Å²) in [7, 11) is 0. The van der Waals surface area contributed by atoms with Gasteiger partial charge in [-0.1, -0.05) is 23.7 Å². The number of thioether (sulfide) groups is 1. The van der Waals surface area contributed by atoms with Gasteiger partial charge in [-0.05, 0) is 66.2 Å². The molecule has 36 heavy (non-hydrogen) atoms. The Bertz CT molecular complexity index is 1390. The molecule has 1 aromatic heterocycles. The van der Waals surface area contributed by atoms with Crippen molar-refractivity contribution in [3.8, 4) is 0 Å². The van der Waals surface area contributed by atoms with Gasteiger partial charge in [-0.3, -0.25) is 19.2 Å². The summed E-state index contributed by atoms with van der Waals surface area (Å²) in [6.07, 6.45) is -1.78. The molecule has 0 aliphatic carbocycles. The van der Waals surface area contributed by atoms with Crippen LogP contribution in [0, 0.1) is 0 Å². The number of amides is 2. The molecule has 0 unspecified atom stereocenters. The summed E-state index contributed by atoms with van der Waals surface area (Å²) in [6.45, 7) is 0.808. The number of β-amino-alcohol motifs (C(OH)–C–C–N with tert-alkyl or cyclic N) is 1. The van der Waals surface area contributed by atoms with Crippen LogP contribution in [-0.4, -0.2) is 56.2 Å².